The molecule has 0 bridgehead atoms. The van der Waals surface area contributed by atoms with Gasteiger partial charge in [0.2, 0.25) is 0 Å². The molecule has 0 aliphatic carbocycles. The van der Waals surface area contributed by atoms with Crippen LogP contribution >= 0.6 is 0 Å². The normalized spacial score (nSPS) is 11.0. The predicted octanol–water partition coefficient (Wildman–Crippen LogP) is 3.08. The van der Waals surface area contributed by atoms with Crippen LogP contribution in [0.5, 0.6) is 0 Å². The molecule has 2 heterocycles. The van der Waals surface area contributed by atoms with Crippen molar-refractivity contribution in [2.24, 2.45) is 0 Å². The van der Waals surface area contributed by atoms with Gasteiger partial charge in [-0.05, 0) is 41.1 Å². The van der Waals surface area contributed by atoms with E-state index < -0.39 is 11.8 Å². The predicted molar refractivity (Wildman–Crippen MR) is 92.5 cm³/mol. The summed E-state index contributed by atoms with van der Waals surface area (Å²) in [5.74, 6) is -0.846. The quantitative estimate of drug-likeness (QED) is 0.669. The van der Waals surface area contributed by atoms with E-state index in [-0.39, 0.29) is 17.0 Å². The number of esters is 1. The number of hydrogen-bond acceptors (Lipinski definition) is 6. The highest BCUT2D eigenvalue weighted by molar-refractivity contribution is 5.92. The number of halogens is 1. The van der Waals surface area contributed by atoms with Crippen molar-refractivity contribution in [1.29, 1.82) is 0 Å². The summed E-state index contributed by atoms with van der Waals surface area (Å²) in [4.78, 5) is 16.3. The van der Waals surface area contributed by atoms with E-state index in [1.807, 2.05) is 26.8 Å². The maximum Gasteiger partial charge on any atom is 0.340 e. The first-order valence-corrected chi connectivity index (χ1v) is 8.06. The molecule has 8 heteroatoms. The van der Waals surface area contributed by atoms with E-state index >= 15 is 0 Å². The Balaban J connectivity index is 2.25. The van der Waals surface area contributed by atoms with Crippen LogP contribution in [0.2, 0.25) is 0 Å². The van der Waals surface area contributed by atoms with E-state index in [2.05, 4.69) is 20.5 Å². The van der Waals surface area contributed by atoms with Gasteiger partial charge in [0, 0.05) is 17.7 Å². The molecule has 0 saturated heterocycles. The average molecular weight is 355 g/mol. The minimum Gasteiger partial charge on any atom is -0.465 e. The number of pyridine rings is 1. The third-order valence-electron chi connectivity index (χ3n) is 3.90. The second-order valence-electron chi connectivity index (χ2n) is 6.17. The van der Waals surface area contributed by atoms with E-state index in [0.29, 0.717) is 17.2 Å². The number of rotatable bonds is 4. The van der Waals surface area contributed by atoms with Crippen LogP contribution in [0.15, 0.2) is 30.5 Å². The van der Waals surface area contributed by atoms with E-state index in [1.165, 1.54) is 17.9 Å². The molecule has 0 fully saturated rings. The Kier molecular flexibility index (Phi) is 4.75. The Labute approximate surface area is 149 Å². The first kappa shape index (κ1) is 17.7. The molecule has 3 aromatic rings. The van der Waals surface area contributed by atoms with Crippen LogP contribution in [0.4, 0.5) is 4.39 Å². The number of carbonyl (C=O) groups is 1. The number of hydrogen-bond donors (Lipinski definition) is 0. The largest absolute Gasteiger partial charge is 0.465 e. The van der Waals surface area contributed by atoms with E-state index in [4.69, 9.17) is 4.74 Å². The summed E-state index contributed by atoms with van der Waals surface area (Å²) < 4.78 is 21.2. The molecule has 134 valence electrons. The van der Waals surface area contributed by atoms with Gasteiger partial charge < -0.3 is 4.74 Å². The third-order valence-corrected chi connectivity index (χ3v) is 3.90. The molecule has 1 aromatic carbocycles. The van der Waals surface area contributed by atoms with Gasteiger partial charge in [-0.15, -0.1) is 5.10 Å². The van der Waals surface area contributed by atoms with Crippen molar-refractivity contribution in [2.45, 2.75) is 26.7 Å². The second-order valence-corrected chi connectivity index (χ2v) is 6.17. The number of benzene rings is 1. The van der Waals surface area contributed by atoms with Gasteiger partial charge in [-0.2, -0.15) is 4.68 Å². The first-order chi connectivity index (χ1) is 12.4. The van der Waals surface area contributed by atoms with Crippen LogP contribution in [-0.2, 0) is 4.74 Å². The fourth-order valence-corrected chi connectivity index (χ4v) is 2.54. The lowest BCUT2D eigenvalue weighted by Crippen LogP contribution is -2.11. The number of ether oxygens (including phenoxy) is 1. The van der Waals surface area contributed by atoms with Gasteiger partial charge in [-0.1, -0.05) is 19.9 Å². The number of carbonyl (C=O) groups excluding carboxylic acids is 1. The molecular formula is C18H18FN5O2. The lowest BCUT2D eigenvalue weighted by atomic mass is 10.0. The summed E-state index contributed by atoms with van der Waals surface area (Å²) in [5, 5.41) is 11.7. The summed E-state index contributed by atoms with van der Waals surface area (Å²) in [6.07, 6.45) is 1.63. The van der Waals surface area contributed by atoms with Crippen molar-refractivity contribution in [3.63, 3.8) is 0 Å². The standard InChI is InChI=1S/C18H18FN5O2/c1-10(2)17-21-22-23-24(17)12-7-13(15-6-5-11(3)9-20-15)16(19)14(8-12)18(25)26-4/h5-10H,1-4H3. The van der Waals surface area contributed by atoms with Crippen molar-refractivity contribution in [2.75, 3.05) is 7.11 Å². The Hall–Kier alpha value is -3.16. The Morgan fingerprint density at radius 1 is 1.27 bits per heavy atom. The van der Waals surface area contributed by atoms with Crippen molar-refractivity contribution in [1.82, 2.24) is 25.2 Å². The number of aromatic nitrogens is 5. The van der Waals surface area contributed by atoms with Crippen molar-refractivity contribution < 1.29 is 13.9 Å². The first-order valence-electron chi connectivity index (χ1n) is 8.06. The topological polar surface area (TPSA) is 82.8 Å². The average Bonchev–Trinajstić information content (AvgIpc) is 3.12. The summed E-state index contributed by atoms with van der Waals surface area (Å²) in [7, 11) is 1.20. The Morgan fingerprint density at radius 2 is 2.04 bits per heavy atom. The van der Waals surface area contributed by atoms with Gasteiger partial charge >= 0.3 is 5.97 Å². The van der Waals surface area contributed by atoms with E-state index in [0.717, 1.165) is 5.56 Å². The van der Waals surface area contributed by atoms with Gasteiger partial charge in [-0.25, -0.2) is 9.18 Å². The molecular weight excluding hydrogens is 337 g/mol. The lowest BCUT2D eigenvalue weighted by molar-refractivity contribution is 0.0595. The van der Waals surface area contributed by atoms with Gasteiger partial charge in [0.25, 0.3) is 0 Å². The van der Waals surface area contributed by atoms with Crippen molar-refractivity contribution in [3.8, 4) is 16.9 Å². The zero-order valence-electron chi connectivity index (χ0n) is 14.9. The molecule has 0 unspecified atom stereocenters. The highest BCUT2D eigenvalue weighted by Gasteiger charge is 2.22. The van der Waals surface area contributed by atoms with Gasteiger partial charge in [0.15, 0.2) is 5.82 Å². The van der Waals surface area contributed by atoms with Gasteiger partial charge in [0.05, 0.1) is 24.1 Å². The molecule has 0 atom stereocenters. The summed E-state index contributed by atoms with van der Waals surface area (Å²) >= 11 is 0. The molecule has 7 nitrogen and oxygen atoms in total. The maximum absolute atomic E-state index is 15.0. The van der Waals surface area contributed by atoms with Crippen LogP contribution in [0, 0.1) is 12.7 Å². The van der Waals surface area contributed by atoms with Crippen LogP contribution in [0.1, 0.15) is 41.5 Å². The zero-order chi connectivity index (χ0) is 18.8. The van der Waals surface area contributed by atoms with Crippen LogP contribution in [0.25, 0.3) is 16.9 Å². The molecule has 0 spiro atoms. The Morgan fingerprint density at radius 3 is 2.65 bits per heavy atom. The third kappa shape index (κ3) is 3.17. The van der Waals surface area contributed by atoms with Crippen LogP contribution < -0.4 is 0 Å². The molecule has 0 aliphatic heterocycles. The summed E-state index contributed by atoms with van der Waals surface area (Å²) in [6, 6.07) is 6.47. The minimum absolute atomic E-state index is 0.0394. The fraction of sp³-hybridized carbons (Fsp3) is 0.278. The highest BCUT2D eigenvalue weighted by Crippen LogP contribution is 2.28. The molecule has 0 aliphatic rings. The lowest BCUT2D eigenvalue weighted by Gasteiger charge is -2.12. The molecule has 26 heavy (non-hydrogen) atoms. The molecule has 0 radical (unpaired) electrons. The second kappa shape index (κ2) is 6.99. The van der Waals surface area contributed by atoms with Crippen molar-refractivity contribution >= 4 is 5.97 Å². The molecule has 0 amide bonds. The molecule has 3 rings (SSSR count). The Bertz CT molecular complexity index is 951. The van der Waals surface area contributed by atoms with Crippen molar-refractivity contribution in [3.05, 3.63) is 53.2 Å². The summed E-state index contributed by atoms with van der Waals surface area (Å²) in [5.41, 5.74) is 1.78. The molecule has 0 saturated carbocycles. The minimum atomic E-state index is -0.781. The fourth-order valence-electron chi connectivity index (χ4n) is 2.54. The van der Waals surface area contributed by atoms with E-state index in [9.17, 15) is 9.18 Å². The monoisotopic (exact) mass is 355 g/mol. The number of tetrazole rings is 1. The van der Waals surface area contributed by atoms with Crippen LogP contribution in [0.3, 0.4) is 0 Å². The SMILES string of the molecule is COC(=O)c1cc(-n2nnnc2C(C)C)cc(-c2ccc(C)cn2)c1F. The van der Waals surface area contributed by atoms with Crippen LogP contribution in [-0.4, -0.2) is 38.3 Å². The molecule has 0 N–H and O–H groups in total. The van der Waals surface area contributed by atoms with Gasteiger partial charge in [0.1, 0.15) is 5.82 Å². The maximum atomic E-state index is 15.0. The zero-order valence-corrected chi connectivity index (χ0v) is 14.9. The highest BCUT2D eigenvalue weighted by atomic mass is 19.1. The number of aryl methyl sites for hydroxylation is 1. The van der Waals surface area contributed by atoms with E-state index in [1.54, 1.807) is 18.3 Å². The summed E-state index contributed by atoms with van der Waals surface area (Å²) in [6.45, 7) is 5.77. The molecule has 2 aromatic heterocycles. The number of methoxy groups -OCH3 is 1. The van der Waals surface area contributed by atoms with Gasteiger partial charge in [-0.3, -0.25) is 4.98 Å². The number of nitrogens with zero attached hydrogens (tertiary/aromatic N) is 5. The smallest absolute Gasteiger partial charge is 0.340 e.